The van der Waals surface area contributed by atoms with Crippen molar-refractivity contribution >= 4 is 5.97 Å². The first kappa shape index (κ1) is 24.1. The van der Waals surface area contributed by atoms with E-state index in [-0.39, 0.29) is 16.8 Å². The van der Waals surface area contributed by atoms with Gasteiger partial charge >= 0.3 is 5.97 Å². The molecule has 0 saturated carbocycles. The van der Waals surface area contributed by atoms with Crippen LogP contribution in [0.15, 0.2) is 60.7 Å². The summed E-state index contributed by atoms with van der Waals surface area (Å²) >= 11 is 0. The first-order chi connectivity index (χ1) is 16.2. The highest BCUT2D eigenvalue weighted by atomic mass is 16.5. The van der Waals surface area contributed by atoms with E-state index < -0.39 is 0 Å². The van der Waals surface area contributed by atoms with E-state index in [1.807, 2.05) is 38.1 Å². The normalized spacial score (nSPS) is 15.9. The van der Waals surface area contributed by atoms with Crippen molar-refractivity contribution in [1.82, 2.24) is 0 Å². The molecule has 0 fully saturated rings. The zero-order valence-electron chi connectivity index (χ0n) is 21.3. The van der Waals surface area contributed by atoms with Gasteiger partial charge in [-0.2, -0.15) is 0 Å². The average Bonchev–Trinajstić information content (AvgIpc) is 2.83. The average molecular weight is 457 g/mol. The van der Waals surface area contributed by atoms with Crippen LogP contribution in [0.25, 0.3) is 22.3 Å². The second-order valence-electron chi connectivity index (χ2n) is 10.5. The van der Waals surface area contributed by atoms with Crippen LogP contribution < -0.4 is 4.74 Å². The van der Waals surface area contributed by atoms with Gasteiger partial charge in [-0.25, -0.2) is 4.79 Å². The van der Waals surface area contributed by atoms with Crippen molar-refractivity contribution in [2.24, 2.45) is 0 Å². The van der Waals surface area contributed by atoms with Crippen LogP contribution in [0, 0.1) is 0 Å². The van der Waals surface area contributed by atoms with Gasteiger partial charge in [-0.1, -0.05) is 64.1 Å². The molecule has 34 heavy (non-hydrogen) atoms. The molecule has 3 aromatic carbocycles. The molecule has 0 unspecified atom stereocenters. The van der Waals surface area contributed by atoms with Gasteiger partial charge in [0.2, 0.25) is 0 Å². The van der Waals surface area contributed by atoms with Gasteiger partial charge in [0.1, 0.15) is 5.75 Å². The fourth-order valence-corrected chi connectivity index (χ4v) is 4.99. The van der Waals surface area contributed by atoms with E-state index in [9.17, 15) is 4.79 Å². The summed E-state index contributed by atoms with van der Waals surface area (Å²) in [5, 5.41) is 0. The first-order valence-corrected chi connectivity index (χ1v) is 12.4. The summed E-state index contributed by atoms with van der Waals surface area (Å²) in [5.41, 5.74) is 8.21. The lowest BCUT2D eigenvalue weighted by Crippen LogP contribution is -2.33. The molecule has 0 spiro atoms. The van der Waals surface area contributed by atoms with Crippen LogP contribution in [0.1, 0.15) is 75.9 Å². The summed E-state index contributed by atoms with van der Waals surface area (Å²) in [7, 11) is 0. The Bertz CT molecular complexity index is 1190. The Kier molecular flexibility index (Phi) is 6.58. The molecule has 0 bridgehead atoms. The third-order valence-electron chi connectivity index (χ3n) is 7.17. The van der Waals surface area contributed by atoms with Gasteiger partial charge in [-0.05, 0) is 89.6 Å². The van der Waals surface area contributed by atoms with Crippen molar-refractivity contribution in [2.75, 3.05) is 13.2 Å². The minimum Gasteiger partial charge on any atom is -0.493 e. The zero-order chi connectivity index (χ0) is 24.5. The van der Waals surface area contributed by atoms with E-state index in [4.69, 9.17) is 9.47 Å². The summed E-state index contributed by atoms with van der Waals surface area (Å²) < 4.78 is 11.1. The van der Waals surface area contributed by atoms with E-state index in [0.717, 1.165) is 22.4 Å². The van der Waals surface area contributed by atoms with Crippen molar-refractivity contribution in [3.05, 3.63) is 77.4 Å². The Hall–Kier alpha value is -3.07. The highest BCUT2D eigenvalue weighted by Gasteiger charge is 2.37. The van der Waals surface area contributed by atoms with Gasteiger partial charge < -0.3 is 9.47 Å². The lowest BCUT2D eigenvalue weighted by molar-refractivity contribution is 0.0526. The summed E-state index contributed by atoms with van der Waals surface area (Å²) in [6.07, 6.45) is 2.38. The van der Waals surface area contributed by atoms with Crippen LogP contribution >= 0.6 is 0 Å². The van der Waals surface area contributed by atoms with E-state index in [2.05, 4.69) is 64.1 Å². The molecular weight excluding hydrogens is 420 g/mol. The molecule has 3 heteroatoms. The third-order valence-corrected chi connectivity index (χ3v) is 7.17. The number of carbonyl (C=O) groups excluding carboxylic acids is 1. The van der Waals surface area contributed by atoms with E-state index in [1.54, 1.807) is 0 Å². The largest absolute Gasteiger partial charge is 0.493 e. The van der Waals surface area contributed by atoms with Crippen molar-refractivity contribution < 1.29 is 14.3 Å². The molecule has 0 aromatic heterocycles. The van der Waals surface area contributed by atoms with Crippen molar-refractivity contribution in [3.63, 3.8) is 0 Å². The Morgan fingerprint density at radius 3 is 2.00 bits per heavy atom. The summed E-state index contributed by atoms with van der Waals surface area (Å²) in [6.45, 7) is 14.2. The lowest BCUT2D eigenvalue weighted by Gasteiger charge is -2.42. The molecule has 0 amide bonds. The van der Waals surface area contributed by atoms with Crippen LogP contribution in [0.2, 0.25) is 0 Å². The van der Waals surface area contributed by atoms with Crippen molar-refractivity contribution in [1.29, 1.82) is 0 Å². The van der Waals surface area contributed by atoms with Crippen LogP contribution in [0.5, 0.6) is 5.75 Å². The summed E-state index contributed by atoms with van der Waals surface area (Å²) in [4.78, 5) is 12.0. The SMILES string of the molecule is CCOC(=O)c1ccc(-c2ccc(OCC)c(-c3ccc4c(c3)C(C)(C)CCC4(C)C)c2)cc1. The van der Waals surface area contributed by atoms with Crippen LogP contribution in [-0.2, 0) is 15.6 Å². The zero-order valence-corrected chi connectivity index (χ0v) is 21.3. The highest BCUT2D eigenvalue weighted by molar-refractivity contribution is 5.90. The molecule has 1 aliphatic rings. The second kappa shape index (κ2) is 9.29. The number of rotatable bonds is 6. The Labute approximate surface area is 204 Å². The van der Waals surface area contributed by atoms with Crippen LogP contribution in [0.4, 0.5) is 0 Å². The number of ether oxygens (including phenoxy) is 2. The predicted molar refractivity (Wildman–Crippen MR) is 140 cm³/mol. The number of benzene rings is 3. The highest BCUT2D eigenvalue weighted by Crippen LogP contribution is 2.47. The molecule has 1 aliphatic carbocycles. The minimum absolute atomic E-state index is 0.146. The van der Waals surface area contributed by atoms with Gasteiger partial charge in [0.15, 0.2) is 0 Å². The van der Waals surface area contributed by atoms with Crippen LogP contribution in [-0.4, -0.2) is 19.2 Å². The van der Waals surface area contributed by atoms with Gasteiger partial charge in [0, 0.05) is 5.56 Å². The minimum atomic E-state index is -0.291. The fourth-order valence-electron chi connectivity index (χ4n) is 4.99. The van der Waals surface area contributed by atoms with Gasteiger partial charge in [0.05, 0.1) is 18.8 Å². The number of esters is 1. The second-order valence-corrected chi connectivity index (χ2v) is 10.5. The molecule has 0 aliphatic heterocycles. The Morgan fingerprint density at radius 2 is 1.35 bits per heavy atom. The molecule has 0 atom stereocenters. The molecule has 0 saturated heterocycles. The van der Waals surface area contributed by atoms with E-state index in [0.29, 0.717) is 18.8 Å². The number of fused-ring (bicyclic) bond motifs is 1. The lowest BCUT2D eigenvalue weighted by atomic mass is 9.63. The first-order valence-electron chi connectivity index (χ1n) is 12.4. The van der Waals surface area contributed by atoms with Crippen molar-refractivity contribution in [2.45, 2.75) is 65.2 Å². The maximum Gasteiger partial charge on any atom is 0.338 e. The van der Waals surface area contributed by atoms with Gasteiger partial charge in [0.25, 0.3) is 0 Å². The van der Waals surface area contributed by atoms with Gasteiger partial charge in [-0.3, -0.25) is 0 Å². The van der Waals surface area contributed by atoms with Crippen molar-refractivity contribution in [3.8, 4) is 28.0 Å². The molecule has 0 N–H and O–H groups in total. The maximum absolute atomic E-state index is 12.0. The number of hydrogen-bond donors (Lipinski definition) is 0. The third kappa shape index (κ3) is 4.61. The topological polar surface area (TPSA) is 35.5 Å². The quantitative estimate of drug-likeness (QED) is 0.353. The number of hydrogen-bond acceptors (Lipinski definition) is 3. The maximum atomic E-state index is 12.0. The van der Waals surface area contributed by atoms with Gasteiger partial charge in [-0.15, -0.1) is 0 Å². The smallest absolute Gasteiger partial charge is 0.338 e. The summed E-state index contributed by atoms with van der Waals surface area (Å²) in [6, 6.07) is 20.9. The predicted octanol–water partition coefficient (Wildman–Crippen LogP) is 7.95. The standard InChI is InChI=1S/C31H36O3/c1-7-33-28-16-14-23(21-9-11-22(12-10-21)29(32)34-8-2)19-25(28)24-13-15-26-27(20-24)31(5,6)18-17-30(26,3)4/h9-16,19-20H,7-8,17-18H2,1-6H3. The summed E-state index contributed by atoms with van der Waals surface area (Å²) in [5.74, 6) is 0.600. The molecule has 4 rings (SSSR count). The Balaban J connectivity index is 1.78. The molecular formula is C31H36O3. The van der Waals surface area contributed by atoms with E-state index in [1.165, 1.54) is 29.5 Å². The fraction of sp³-hybridized carbons (Fsp3) is 0.387. The number of carbonyl (C=O) groups is 1. The molecule has 3 aromatic rings. The molecule has 0 heterocycles. The molecule has 3 nitrogen and oxygen atoms in total. The molecule has 0 radical (unpaired) electrons. The monoisotopic (exact) mass is 456 g/mol. The van der Waals surface area contributed by atoms with Crippen LogP contribution in [0.3, 0.4) is 0 Å². The molecule has 178 valence electrons. The Morgan fingerprint density at radius 1 is 0.735 bits per heavy atom. The van der Waals surface area contributed by atoms with E-state index >= 15 is 0 Å².